The maximum absolute atomic E-state index is 13.4. The number of ketones is 1. The Morgan fingerprint density at radius 2 is 1.76 bits per heavy atom. The number of primary amides is 1. The molecule has 0 aromatic heterocycles. The molecule has 2 atom stereocenters. The Labute approximate surface area is 168 Å². The van der Waals surface area contributed by atoms with E-state index in [1.54, 1.807) is 18.2 Å². The van der Waals surface area contributed by atoms with Crippen molar-refractivity contribution in [1.29, 1.82) is 0 Å². The van der Waals surface area contributed by atoms with Crippen molar-refractivity contribution in [3.63, 3.8) is 0 Å². The van der Waals surface area contributed by atoms with Gasteiger partial charge in [-0.1, -0.05) is 30.3 Å². The summed E-state index contributed by atoms with van der Waals surface area (Å²) in [6.07, 6.45) is 0.694. The average Bonchev–Trinajstić information content (AvgIpc) is 2.68. The number of rotatable bonds is 9. The van der Waals surface area contributed by atoms with Crippen LogP contribution >= 0.6 is 0 Å². The monoisotopic (exact) mass is 398 g/mol. The average molecular weight is 398 g/mol. The van der Waals surface area contributed by atoms with Gasteiger partial charge in [0, 0.05) is 12.1 Å². The van der Waals surface area contributed by atoms with Crippen molar-refractivity contribution in [2.75, 3.05) is 6.54 Å². The molecule has 0 saturated carbocycles. The molecule has 0 radical (unpaired) electrons. The van der Waals surface area contributed by atoms with E-state index in [1.165, 1.54) is 13.0 Å². The number of guanidine groups is 1. The van der Waals surface area contributed by atoms with E-state index in [9.17, 15) is 14.4 Å². The van der Waals surface area contributed by atoms with E-state index in [0.29, 0.717) is 18.4 Å². The SMILES string of the molecule is C[C@H](N)C(=O)N[C@@H](CCCN=C(N)N)C(=O)c1c(C(N)=O)ccc2ccccc12. The highest BCUT2D eigenvalue weighted by molar-refractivity contribution is 6.18. The number of aliphatic imine (C=N–C) groups is 1. The first-order chi connectivity index (χ1) is 13.7. The summed E-state index contributed by atoms with van der Waals surface area (Å²) in [6.45, 7) is 1.81. The second-order valence-electron chi connectivity index (χ2n) is 6.74. The lowest BCUT2D eigenvalue weighted by Crippen LogP contribution is -2.47. The van der Waals surface area contributed by atoms with E-state index < -0.39 is 29.7 Å². The molecule has 29 heavy (non-hydrogen) atoms. The molecule has 0 spiro atoms. The summed E-state index contributed by atoms with van der Waals surface area (Å²) in [7, 11) is 0. The lowest BCUT2D eigenvalue weighted by Gasteiger charge is -2.21. The molecule has 0 fully saturated rings. The number of carbonyl (C=O) groups excluding carboxylic acids is 3. The van der Waals surface area contributed by atoms with Gasteiger partial charge in [0.15, 0.2) is 11.7 Å². The number of fused-ring (bicyclic) bond motifs is 1. The van der Waals surface area contributed by atoms with E-state index in [2.05, 4.69) is 10.3 Å². The van der Waals surface area contributed by atoms with Crippen molar-refractivity contribution >= 4 is 34.3 Å². The summed E-state index contributed by atoms with van der Waals surface area (Å²) in [5.74, 6) is -1.69. The van der Waals surface area contributed by atoms with Crippen LogP contribution in [0.1, 0.15) is 40.5 Å². The van der Waals surface area contributed by atoms with Crippen molar-refractivity contribution in [2.24, 2.45) is 27.9 Å². The van der Waals surface area contributed by atoms with Gasteiger partial charge in [-0.05, 0) is 36.6 Å². The molecule has 0 heterocycles. The third-order valence-electron chi connectivity index (χ3n) is 4.43. The van der Waals surface area contributed by atoms with Crippen molar-refractivity contribution < 1.29 is 14.4 Å². The number of amides is 2. The summed E-state index contributed by atoms with van der Waals surface area (Å²) < 4.78 is 0. The van der Waals surface area contributed by atoms with Crippen molar-refractivity contribution in [3.8, 4) is 0 Å². The van der Waals surface area contributed by atoms with Gasteiger partial charge in [0.25, 0.3) is 0 Å². The molecule has 0 aliphatic rings. The summed E-state index contributed by atoms with van der Waals surface area (Å²) in [5, 5.41) is 4.02. The number of hydrogen-bond donors (Lipinski definition) is 5. The van der Waals surface area contributed by atoms with Gasteiger partial charge >= 0.3 is 0 Å². The molecule has 0 bridgehead atoms. The van der Waals surface area contributed by atoms with Gasteiger partial charge in [-0.25, -0.2) is 0 Å². The van der Waals surface area contributed by atoms with E-state index in [1.807, 2.05) is 12.1 Å². The molecule has 9 heteroatoms. The first-order valence-electron chi connectivity index (χ1n) is 9.19. The minimum Gasteiger partial charge on any atom is -0.370 e. The number of nitrogens with one attached hydrogen (secondary N) is 1. The Kier molecular flexibility index (Phi) is 7.27. The van der Waals surface area contributed by atoms with Gasteiger partial charge in [0.2, 0.25) is 11.8 Å². The maximum atomic E-state index is 13.4. The van der Waals surface area contributed by atoms with E-state index in [0.717, 1.165) is 5.39 Å². The van der Waals surface area contributed by atoms with Crippen LogP contribution in [-0.2, 0) is 4.79 Å². The van der Waals surface area contributed by atoms with E-state index in [-0.39, 0.29) is 23.5 Å². The number of carbonyl (C=O) groups is 3. The van der Waals surface area contributed by atoms with Crippen molar-refractivity contribution in [1.82, 2.24) is 5.32 Å². The quantitative estimate of drug-likeness (QED) is 0.172. The predicted octanol–water partition coefficient (Wildman–Crippen LogP) is 0.00700. The lowest BCUT2D eigenvalue weighted by molar-refractivity contribution is -0.122. The van der Waals surface area contributed by atoms with Crippen LogP contribution < -0.4 is 28.3 Å². The van der Waals surface area contributed by atoms with Crippen molar-refractivity contribution in [2.45, 2.75) is 31.8 Å². The van der Waals surface area contributed by atoms with Crippen LogP contribution in [0.5, 0.6) is 0 Å². The van der Waals surface area contributed by atoms with Gasteiger partial charge in [0.1, 0.15) is 0 Å². The summed E-state index contributed by atoms with van der Waals surface area (Å²) >= 11 is 0. The van der Waals surface area contributed by atoms with Crippen LogP contribution in [0.4, 0.5) is 0 Å². The lowest BCUT2D eigenvalue weighted by atomic mass is 9.90. The fourth-order valence-electron chi connectivity index (χ4n) is 2.99. The summed E-state index contributed by atoms with van der Waals surface area (Å²) in [5.41, 5.74) is 22.0. The Balaban J connectivity index is 2.45. The second-order valence-corrected chi connectivity index (χ2v) is 6.74. The number of Topliss-reactive ketones (excluding diaryl/α,β-unsaturated/α-hetero) is 1. The van der Waals surface area contributed by atoms with Crippen LogP contribution in [-0.4, -0.2) is 42.2 Å². The second kappa shape index (κ2) is 9.65. The fraction of sp³-hybridized carbons (Fsp3) is 0.300. The first kappa shape index (κ1) is 21.8. The Hall–Kier alpha value is -3.46. The third kappa shape index (κ3) is 5.52. The minimum atomic E-state index is -0.911. The standard InChI is InChI=1S/C20H26N6O3/c1-11(21)19(29)26-15(7-4-10-25-20(23)24)17(27)16-13-6-3-2-5-12(13)8-9-14(16)18(22)28/h2-3,5-6,8-9,11,15H,4,7,10,21H2,1H3,(H2,22,28)(H,26,29)(H4,23,24,25)/t11-,15-/m0/s1. The molecule has 2 aromatic rings. The molecule has 9 N–H and O–H groups in total. The highest BCUT2D eigenvalue weighted by atomic mass is 16.2. The predicted molar refractivity (Wildman–Crippen MR) is 112 cm³/mol. The summed E-state index contributed by atoms with van der Waals surface area (Å²) in [4.78, 5) is 41.4. The molecule has 0 saturated heterocycles. The molecular weight excluding hydrogens is 372 g/mol. The maximum Gasteiger partial charge on any atom is 0.249 e. The third-order valence-corrected chi connectivity index (χ3v) is 4.43. The molecule has 9 nitrogen and oxygen atoms in total. The molecule has 0 aliphatic carbocycles. The zero-order valence-electron chi connectivity index (χ0n) is 16.2. The molecule has 2 aromatic carbocycles. The smallest absolute Gasteiger partial charge is 0.249 e. The van der Waals surface area contributed by atoms with Crippen LogP contribution in [0.3, 0.4) is 0 Å². The molecule has 0 aliphatic heterocycles. The minimum absolute atomic E-state index is 0.0578. The van der Waals surface area contributed by atoms with Gasteiger partial charge in [-0.2, -0.15) is 0 Å². The number of nitrogens with zero attached hydrogens (tertiary/aromatic N) is 1. The van der Waals surface area contributed by atoms with Crippen LogP contribution in [0.15, 0.2) is 41.4 Å². The topological polar surface area (TPSA) is 180 Å². The number of hydrogen-bond acceptors (Lipinski definition) is 5. The first-order valence-corrected chi connectivity index (χ1v) is 9.19. The number of benzene rings is 2. The fourth-order valence-corrected chi connectivity index (χ4v) is 2.99. The van der Waals surface area contributed by atoms with Crippen LogP contribution in [0.2, 0.25) is 0 Å². The van der Waals surface area contributed by atoms with Crippen LogP contribution in [0.25, 0.3) is 10.8 Å². The normalized spacial score (nSPS) is 12.8. The Morgan fingerprint density at radius 3 is 2.38 bits per heavy atom. The molecule has 154 valence electrons. The molecular formula is C20H26N6O3. The zero-order chi connectivity index (χ0) is 21.6. The van der Waals surface area contributed by atoms with Gasteiger partial charge in [-0.15, -0.1) is 0 Å². The Bertz CT molecular complexity index is 950. The van der Waals surface area contributed by atoms with E-state index >= 15 is 0 Å². The molecule has 2 rings (SSSR count). The van der Waals surface area contributed by atoms with Gasteiger partial charge < -0.3 is 28.3 Å². The largest absolute Gasteiger partial charge is 0.370 e. The van der Waals surface area contributed by atoms with Gasteiger partial charge in [-0.3, -0.25) is 19.4 Å². The van der Waals surface area contributed by atoms with E-state index in [4.69, 9.17) is 22.9 Å². The highest BCUT2D eigenvalue weighted by Gasteiger charge is 2.27. The van der Waals surface area contributed by atoms with Crippen molar-refractivity contribution in [3.05, 3.63) is 47.5 Å². The van der Waals surface area contributed by atoms with Crippen LogP contribution in [0, 0.1) is 0 Å². The Morgan fingerprint density at radius 1 is 1.07 bits per heavy atom. The number of nitrogens with two attached hydrogens (primary N) is 4. The molecule has 2 amide bonds. The highest BCUT2D eigenvalue weighted by Crippen LogP contribution is 2.25. The summed E-state index contributed by atoms with van der Waals surface area (Å²) in [6, 6.07) is 8.67. The zero-order valence-corrected chi connectivity index (χ0v) is 16.2. The van der Waals surface area contributed by atoms with Gasteiger partial charge in [0.05, 0.1) is 17.6 Å². The molecule has 0 unspecified atom stereocenters.